The summed E-state index contributed by atoms with van der Waals surface area (Å²) in [5.74, 6) is 0.966. The van der Waals surface area contributed by atoms with Gasteiger partial charge in [0.1, 0.15) is 5.75 Å². The highest BCUT2D eigenvalue weighted by Crippen LogP contribution is 2.20. The van der Waals surface area contributed by atoms with Crippen molar-refractivity contribution in [1.29, 1.82) is 5.26 Å². The second-order valence-electron chi connectivity index (χ2n) is 3.26. The van der Waals surface area contributed by atoms with E-state index in [2.05, 4.69) is 16.0 Å². The molecule has 1 aromatic heterocycles. The maximum atomic E-state index is 8.54. The number of nitrogens with zero attached hydrogens (tertiary/aromatic N) is 3. The first kappa shape index (κ1) is 11.4. The number of hydrogen-bond acceptors (Lipinski definition) is 4. The van der Waals surface area contributed by atoms with E-state index in [-0.39, 0.29) is 5.15 Å². The fourth-order valence-electron chi connectivity index (χ4n) is 1.26. The average molecular weight is 246 g/mol. The standard InChI is InChI=1S/C12H8ClN3O/c13-11-7-15-8-12(16-11)17-10-3-1-9(2-4-10)5-6-14/h1-4,7-8H,5H2. The molecule has 0 unspecified atom stereocenters. The molecule has 1 aromatic carbocycles. The fraction of sp³-hybridized carbons (Fsp3) is 0.0833. The molecule has 5 heteroatoms. The third kappa shape index (κ3) is 3.16. The fourth-order valence-corrected chi connectivity index (χ4v) is 1.40. The first-order chi connectivity index (χ1) is 8.28. The van der Waals surface area contributed by atoms with Gasteiger partial charge in [-0.3, -0.25) is 4.98 Å². The van der Waals surface area contributed by atoms with Crippen molar-refractivity contribution in [2.45, 2.75) is 6.42 Å². The summed E-state index contributed by atoms with van der Waals surface area (Å²) in [6, 6.07) is 9.29. The summed E-state index contributed by atoms with van der Waals surface area (Å²) in [7, 11) is 0. The highest BCUT2D eigenvalue weighted by Gasteiger charge is 2.00. The van der Waals surface area contributed by atoms with Gasteiger partial charge < -0.3 is 4.74 Å². The molecule has 0 saturated carbocycles. The summed E-state index contributed by atoms with van der Waals surface area (Å²) in [5, 5.41) is 8.82. The van der Waals surface area contributed by atoms with Crippen LogP contribution in [0.3, 0.4) is 0 Å². The summed E-state index contributed by atoms with van der Waals surface area (Å²) in [6.07, 6.45) is 3.30. The average Bonchev–Trinajstić information content (AvgIpc) is 2.32. The second-order valence-corrected chi connectivity index (χ2v) is 3.65. The lowest BCUT2D eigenvalue weighted by molar-refractivity contribution is 0.460. The quantitative estimate of drug-likeness (QED) is 0.834. The molecular formula is C12H8ClN3O. The Balaban J connectivity index is 2.11. The molecule has 0 bridgehead atoms. The van der Waals surface area contributed by atoms with Crippen molar-refractivity contribution in [3.8, 4) is 17.7 Å². The lowest BCUT2D eigenvalue weighted by Crippen LogP contribution is -1.90. The number of aromatic nitrogens is 2. The Labute approximate surface area is 103 Å². The van der Waals surface area contributed by atoms with Gasteiger partial charge in [0.15, 0.2) is 5.15 Å². The molecule has 2 rings (SSSR count). The molecule has 2 aromatic rings. The summed E-state index contributed by atoms with van der Waals surface area (Å²) >= 11 is 5.69. The predicted molar refractivity (Wildman–Crippen MR) is 62.9 cm³/mol. The van der Waals surface area contributed by atoms with E-state index in [1.807, 2.05) is 12.1 Å². The minimum Gasteiger partial charge on any atom is -0.437 e. The molecule has 0 radical (unpaired) electrons. The number of halogens is 1. The van der Waals surface area contributed by atoms with E-state index in [1.54, 1.807) is 12.1 Å². The van der Waals surface area contributed by atoms with Crippen LogP contribution in [0.4, 0.5) is 0 Å². The Morgan fingerprint density at radius 2 is 2.00 bits per heavy atom. The van der Waals surface area contributed by atoms with Gasteiger partial charge in [0.25, 0.3) is 0 Å². The molecule has 1 heterocycles. The normalized spacial score (nSPS) is 9.65. The molecule has 0 atom stereocenters. The zero-order chi connectivity index (χ0) is 12.1. The van der Waals surface area contributed by atoms with Crippen LogP contribution in [0.15, 0.2) is 36.7 Å². The number of benzene rings is 1. The Kier molecular flexibility index (Phi) is 3.53. The number of hydrogen-bond donors (Lipinski definition) is 0. The van der Waals surface area contributed by atoms with E-state index in [9.17, 15) is 0 Å². The third-order valence-corrected chi connectivity index (χ3v) is 2.19. The summed E-state index contributed by atoms with van der Waals surface area (Å²) in [6.45, 7) is 0. The van der Waals surface area contributed by atoms with Crippen molar-refractivity contribution in [3.63, 3.8) is 0 Å². The van der Waals surface area contributed by atoms with Crippen LogP contribution in [0, 0.1) is 11.3 Å². The summed E-state index contributed by atoms with van der Waals surface area (Å²) in [4.78, 5) is 7.82. The molecule has 4 nitrogen and oxygen atoms in total. The monoisotopic (exact) mass is 245 g/mol. The van der Waals surface area contributed by atoms with E-state index >= 15 is 0 Å². The van der Waals surface area contributed by atoms with E-state index in [0.717, 1.165) is 5.56 Å². The van der Waals surface area contributed by atoms with Gasteiger partial charge in [-0.05, 0) is 17.7 Å². The lowest BCUT2D eigenvalue weighted by Gasteiger charge is -2.04. The molecule has 0 N–H and O–H groups in total. The minimum atomic E-state index is 0.281. The number of rotatable bonds is 3. The molecular weight excluding hydrogens is 238 g/mol. The first-order valence-electron chi connectivity index (χ1n) is 4.89. The van der Waals surface area contributed by atoms with Crippen LogP contribution in [0.1, 0.15) is 5.56 Å². The summed E-state index contributed by atoms with van der Waals surface area (Å²) in [5.41, 5.74) is 0.942. The van der Waals surface area contributed by atoms with E-state index < -0.39 is 0 Å². The van der Waals surface area contributed by atoms with Crippen molar-refractivity contribution < 1.29 is 4.74 Å². The van der Waals surface area contributed by atoms with Gasteiger partial charge in [-0.25, -0.2) is 0 Å². The Hall–Kier alpha value is -2.12. The van der Waals surface area contributed by atoms with Gasteiger partial charge in [0.2, 0.25) is 5.88 Å². The molecule has 0 saturated heterocycles. The molecule has 0 aliphatic heterocycles. The second kappa shape index (κ2) is 5.28. The number of ether oxygens (including phenoxy) is 1. The molecule has 0 spiro atoms. The number of nitriles is 1. The Morgan fingerprint density at radius 3 is 2.65 bits per heavy atom. The van der Waals surface area contributed by atoms with Crippen molar-refractivity contribution in [2.75, 3.05) is 0 Å². The SMILES string of the molecule is N#CCc1ccc(Oc2cncc(Cl)n2)cc1. The minimum absolute atomic E-state index is 0.281. The van der Waals surface area contributed by atoms with Crippen LogP contribution in [0.2, 0.25) is 5.15 Å². The predicted octanol–water partition coefficient (Wildman–Crippen LogP) is 2.99. The highest BCUT2D eigenvalue weighted by molar-refractivity contribution is 6.29. The van der Waals surface area contributed by atoms with Crippen LogP contribution in [-0.2, 0) is 6.42 Å². The van der Waals surface area contributed by atoms with Gasteiger partial charge in [0, 0.05) is 0 Å². The third-order valence-electron chi connectivity index (χ3n) is 2.01. The van der Waals surface area contributed by atoms with Crippen molar-refractivity contribution in [1.82, 2.24) is 9.97 Å². The zero-order valence-electron chi connectivity index (χ0n) is 8.80. The van der Waals surface area contributed by atoms with Crippen LogP contribution in [0.5, 0.6) is 11.6 Å². The molecule has 0 aliphatic rings. The van der Waals surface area contributed by atoms with Gasteiger partial charge >= 0.3 is 0 Å². The van der Waals surface area contributed by atoms with E-state index in [0.29, 0.717) is 18.1 Å². The molecule has 0 aliphatic carbocycles. The van der Waals surface area contributed by atoms with Crippen molar-refractivity contribution in [3.05, 3.63) is 47.4 Å². The van der Waals surface area contributed by atoms with Gasteiger partial charge in [-0.2, -0.15) is 10.2 Å². The molecule has 0 amide bonds. The zero-order valence-corrected chi connectivity index (χ0v) is 9.55. The Morgan fingerprint density at radius 1 is 1.24 bits per heavy atom. The van der Waals surface area contributed by atoms with Crippen LogP contribution in [0.25, 0.3) is 0 Å². The van der Waals surface area contributed by atoms with Crippen LogP contribution >= 0.6 is 11.6 Å². The topological polar surface area (TPSA) is 58.8 Å². The largest absolute Gasteiger partial charge is 0.437 e. The van der Waals surface area contributed by atoms with Gasteiger partial charge in [0.05, 0.1) is 24.9 Å². The maximum absolute atomic E-state index is 8.54. The van der Waals surface area contributed by atoms with Crippen molar-refractivity contribution >= 4 is 11.6 Å². The molecule has 17 heavy (non-hydrogen) atoms. The first-order valence-corrected chi connectivity index (χ1v) is 5.27. The lowest BCUT2D eigenvalue weighted by atomic mass is 10.2. The maximum Gasteiger partial charge on any atom is 0.239 e. The smallest absolute Gasteiger partial charge is 0.239 e. The Bertz CT molecular complexity index is 548. The van der Waals surface area contributed by atoms with Gasteiger partial charge in [-0.1, -0.05) is 23.7 Å². The summed E-state index contributed by atoms with van der Waals surface area (Å²) < 4.78 is 5.45. The highest BCUT2D eigenvalue weighted by atomic mass is 35.5. The van der Waals surface area contributed by atoms with Gasteiger partial charge in [-0.15, -0.1) is 0 Å². The van der Waals surface area contributed by atoms with Crippen LogP contribution in [-0.4, -0.2) is 9.97 Å². The van der Waals surface area contributed by atoms with E-state index in [1.165, 1.54) is 12.4 Å². The molecule has 0 fully saturated rings. The molecule has 84 valence electrons. The van der Waals surface area contributed by atoms with E-state index in [4.69, 9.17) is 21.6 Å². The van der Waals surface area contributed by atoms with Crippen LogP contribution < -0.4 is 4.74 Å². The van der Waals surface area contributed by atoms with Crippen molar-refractivity contribution in [2.24, 2.45) is 0 Å².